The predicted molar refractivity (Wildman–Crippen MR) is 200 cm³/mol. The molecule has 2 aliphatic heterocycles. The van der Waals surface area contributed by atoms with E-state index in [-0.39, 0.29) is 25.3 Å². The fourth-order valence-electron chi connectivity index (χ4n) is 6.70. The van der Waals surface area contributed by atoms with Crippen molar-refractivity contribution in [2.75, 3.05) is 13.2 Å². The number of hydrogen-bond donors (Lipinski definition) is 0. The average Bonchev–Trinajstić information content (AvgIpc) is 3.97. The Labute approximate surface area is 325 Å². The lowest BCUT2D eigenvalue weighted by molar-refractivity contribution is -0.187. The molecule has 272 valence electrons. The molecule has 0 amide bonds. The molecule has 8 rings (SSSR count). The zero-order valence-electron chi connectivity index (χ0n) is 28.5. The molecule has 4 atom stereocenters. The van der Waals surface area contributed by atoms with Crippen LogP contribution in [-0.4, -0.2) is 55.0 Å². The molecular weight excluding hydrogens is 762 g/mol. The van der Waals surface area contributed by atoms with Crippen LogP contribution in [0.1, 0.15) is 25.0 Å². The highest BCUT2D eigenvalue weighted by atomic mass is 35.5. The van der Waals surface area contributed by atoms with E-state index in [1.165, 1.54) is 12.7 Å². The largest absolute Gasteiger partial charge is 0.456 e. The molecule has 2 fully saturated rings. The Morgan fingerprint density at radius 2 is 1.09 bits per heavy atom. The van der Waals surface area contributed by atoms with Crippen molar-refractivity contribution in [1.29, 1.82) is 0 Å². The maximum Gasteiger partial charge on any atom is 0.217 e. The quantitative estimate of drug-likeness (QED) is 0.134. The highest BCUT2D eigenvalue weighted by molar-refractivity contribution is 6.33. The van der Waals surface area contributed by atoms with Gasteiger partial charge in [0, 0.05) is 42.3 Å². The summed E-state index contributed by atoms with van der Waals surface area (Å²) in [5.74, 6) is -1.21. The van der Waals surface area contributed by atoms with Crippen molar-refractivity contribution in [2.24, 2.45) is 0 Å². The van der Waals surface area contributed by atoms with Gasteiger partial charge in [-0.25, -0.2) is 19.3 Å². The Bertz CT molecular complexity index is 2100. The van der Waals surface area contributed by atoms with E-state index in [0.717, 1.165) is 11.1 Å². The number of ether oxygens (including phenoxy) is 5. The minimum atomic E-state index is -1.14. The lowest BCUT2D eigenvalue weighted by Crippen LogP contribution is -2.34. The maximum absolute atomic E-state index is 7.01. The highest BCUT2D eigenvalue weighted by Gasteiger charge is 2.45. The second-order valence-corrected chi connectivity index (χ2v) is 14.6. The van der Waals surface area contributed by atoms with Crippen LogP contribution in [0.25, 0.3) is 22.3 Å². The Kier molecular flexibility index (Phi) is 9.94. The Morgan fingerprint density at radius 1 is 0.642 bits per heavy atom. The van der Waals surface area contributed by atoms with Crippen LogP contribution in [0.5, 0.6) is 11.5 Å². The second kappa shape index (κ2) is 14.7. The van der Waals surface area contributed by atoms with Gasteiger partial charge in [0.25, 0.3) is 0 Å². The smallest absolute Gasteiger partial charge is 0.217 e. The van der Waals surface area contributed by atoms with E-state index >= 15 is 0 Å². The molecule has 0 N–H and O–H groups in total. The van der Waals surface area contributed by atoms with Crippen LogP contribution in [0.4, 0.5) is 0 Å². The maximum atomic E-state index is 7.01. The molecule has 0 unspecified atom stereocenters. The summed E-state index contributed by atoms with van der Waals surface area (Å²) in [7, 11) is 0. The molecule has 15 heteroatoms. The minimum absolute atomic E-state index is 0.143. The Hall–Kier alpha value is -4.04. The molecule has 2 saturated heterocycles. The van der Waals surface area contributed by atoms with Gasteiger partial charge in [0.15, 0.2) is 0 Å². The lowest BCUT2D eigenvalue weighted by Gasteiger charge is -2.29. The van der Waals surface area contributed by atoms with E-state index in [0.29, 0.717) is 67.1 Å². The molecule has 2 aromatic heterocycles. The zero-order valence-corrected chi connectivity index (χ0v) is 31.5. The van der Waals surface area contributed by atoms with E-state index < -0.39 is 11.6 Å². The van der Waals surface area contributed by atoms with Crippen molar-refractivity contribution < 1.29 is 23.7 Å². The third kappa shape index (κ3) is 7.28. The summed E-state index contributed by atoms with van der Waals surface area (Å²) in [5.41, 5.74) is 4.30. The van der Waals surface area contributed by atoms with E-state index in [4.69, 9.17) is 70.1 Å². The van der Waals surface area contributed by atoms with Crippen molar-refractivity contribution in [1.82, 2.24) is 29.5 Å². The Balaban J connectivity index is 1.12. The summed E-state index contributed by atoms with van der Waals surface area (Å²) >= 11 is 27.1. The molecule has 4 aromatic carbocycles. The van der Waals surface area contributed by atoms with Gasteiger partial charge >= 0.3 is 0 Å². The normalized spacial score (nSPS) is 22.8. The van der Waals surface area contributed by atoms with Crippen LogP contribution in [0.3, 0.4) is 0 Å². The number of nitrogens with zero attached hydrogens (tertiary/aromatic N) is 6. The van der Waals surface area contributed by atoms with Gasteiger partial charge in [-0.1, -0.05) is 70.7 Å². The third-order valence-electron chi connectivity index (χ3n) is 9.04. The van der Waals surface area contributed by atoms with E-state index in [2.05, 4.69) is 20.2 Å². The first-order valence-electron chi connectivity index (χ1n) is 16.8. The SMILES string of the molecule is C[C@H]1CO[C@](Cn2cncn2)(c2ccc(-c3cc(Cl)ccc3Oc3ccc(Cl)cc3-c3ccc([C@@]4(Cn5cncn5)OC[C@H](C)O4)c(Cl)c3)cc2Cl)O1. The number of halogens is 4. The second-order valence-electron chi connectivity index (χ2n) is 12.9. The topological polar surface area (TPSA) is 108 Å². The predicted octanol–water partition coefficient (Wildman–Crippen LogP) is 9.19. The molecule has 0 aliphatic carbocycles. The molecule has 2 aliphatic rings. The molecular formula is C38H32Cl4N6O5. The first-order chi connectivity index (χ1) is 25.6. The summed E-state index contributed by atoms with van der Waals surface area (Å²) in [6.07, 6.45) is 5.86. The van der Waals surface area contributed by atoms with Crippen molar-refractivity contribution in [2.45, 2.75) is 50.7 Å². The van der Waals surface area contributed by atoms with Gasteiger partial charge < -0.3 is 23.7 Å². The summed E-state index contributed by atoms with van der Waals surface area (Å²) < 4.78 is 35.1. The lowest BCUT2D eigenvalue weighted by atomic mass is 9.98. The zero-order chi connectivity index (χ0) is 36.7. The van der Waals surface area contributed by atoms with Crippen LogP contribution < -0.4 is 4.74 Å². The molecule has 0 saturated carbocycles. The minimum Gasteiger partial charge on any atom is -0.456 e. The molecule has 4 heterocycles. The van der Waals surface area contributed by atoms with Crippen molar-refractivity contribution in [3.8, 4) is 33.8 Å². The fourth-order valence-corrected chi connectivity index (χ4v) is 7.69. The number of benzene rings is 4. The molecule has 6 aromatic rings. The van der Waals surface area contributed by atoms with Gasteiger partial charge in [-0.15, -0.1) is 0 Å². The molecule has 0 radical (unpaired) electrons. The Morgan fingerprint density at radius 3 is 1.45 bits per heavy atom. The first kappa shape index (κ1) is 36.0. The average molecular weight is 795 g/mol. The van der Waals surface area contributed by atoms with Gasteiger partial charge in [-0.2, -0.15) is 10.2 Å². The van der Waals surface area contributed by atoms with Crippen LogP contribution >= 0.6 is 46.4 Å². The van der Waals surface area contributed by atoms with Crippen LogP contribution in [0.2, 0.25) is 20.1 Å². The summed E-state index contributed by atoms with van der Waals surface area (Å²) in [4.78, 5) is 8.12. The van der Waals surface area contributed by atoms with Crippen LogP contribution in [0, 0.1) is 0 Å². The molecule has 11 nitrogen and oxygen atoms in total. The van der Waals surface area contributed by atoms with Gasteiger partial charge in [0.05, 0.1) is 25.4 Å². The van der Waals surface area contributed by atoms with Crippen molar-refractivity contribution in [3.63, 3.8) is 0 Å². The van der Waals surface area contributed by atoms with E-state index in [1.54, 1.807) is 34.2 Å². The number of hydrogen-bond acceptors (Lipinski definition) is 9. The van der Waals surface area contributed by atoms with Gasteiger partial charge in [0.1, 0.15) is 49.9 Å². The van der Waals surface area contributed by atoms with E-state index in [1.807, 2.05) is 74.5 Å². The standard InChI is InChI=1S/C38H32Cl4N6O5/c1-23-15-49-37(52-23,17-47-21-43-19-45-47)31-7-3-25(11-33(31)41)29-13-27(39)5-9-35(29)51-36-10-6-28(40)14-30(36)26-4-8-32(34(42)12-26)38(50-16-24(2)53-38)18-48-22-44-20-46-48/h3-14,19-24H,15-18H2,1-2H3/t23-,24-,37-,38-/m0/s1. The third-order valence-corrected chi connectivity index (χ3v) is 10.1. The highest BCUT2D eigenvalue weighted by Crippen LogP contribution is 2.46. The van der Waals surface area contributed by atoms with Gasteiger partial charge in [-0.3, -0.25) is 0 Å². The molecule has 0 spiro atoms. The molecule has 0 bridgehead atoms. The van der Waals surface area contributed by atoms with E-state index in [9.17, 15) is 0 Å². The van der Waals surface area contributed by atoms with Crippen LogP contribution in [0.15, 0.2) is 98.1 Å². The summed E-state index contributed by atoms with van der Waals surface area (Å²) in [6.45, 7) is 5.25. The van der Waals surface area contributed by atoms with Gasteiger partial charge in [0.2, 0.25) is 11.6 Å². The molecule has 53 heavy (non-hydrogen) atoms. The fraction of sp³-hybridized carbons (Fsp3) is 0.263. The van der Waals surface area contributed by atoms with Gasteiger partial charge in [-0.05, 0) is 73.5 Å². The first-order valence-corrected chi connectivity index (χ1v) is 18.3. The summed E-state index contributed by atoms with van der Waals surface area (Å²) in [6, 6.07) is 22.2. The van der Waals surface area contributed by atoms with Crippen molar-refractivity contribution >= 4 is 46.4 Å². The monoisotopic (exact) mass is 792 g/mol. The van der Waals surface area contributed by atoms with Crippen LogP contribution in [-0.2, 0) is 43.6 Å². The number of aromatic nitrogens is 6. The number of rotatable bonds is 10. The van der Waals surface area contributed by atoms with Crippen molar-refractivity contribution in [3.05, 3.63) is 129 Å². The summed E-state index contributed by atoms with van der Waals surface area (Å²) in [5, 5.41) is 10.4.